The number of rotatable bonds is 5. The van der Waals surface area contributed by atoms with E-state index in [1.54, 1.807) is 4.40 Å². The first-order valence-electron chi connectivity index (χ1n) is 10.6. The van der Waals surface area contributed by atoms with Gasteiger partial charge in [0.15, 0.2) is 10.8 Å². The summed E-state index contributed by atoms with van der Waals surface area (Å²) < 4.78 is 1.75. The van der Waals surface area contributed by atoms with E-state index >= 15 is 0 Å². The molecule has 2 aromatic carbocycles. The molecule has 0 fully saturated rings. The van der Waals surface area contributed by atoms with E-state index in [2.05, 4.69) is 40.3 Å². The van der Waals surface area contributed by atoms with E-state index in [1.807, 2.05) is 48.2 Å². The van der Waals surface area contributed by atoms with Crippen LogP contribution < -0.4 is 10.6 Å². The molecule has 162 valence electrons. The number of carbonyl (C=O) groups is 1. The highest BCUT2D eigenvalue weighted by Gasteiger charge is 2.30. The van der Waals surface area contributed by atoms with Gasteiger partial charge >= 0.3 is 0 Å². The number of carbonyl (C=O) groups excluding carboxylic acids is 1. The lowest BCUT2D eigenvalue weighted by Gasteiger charge is -2.22. The molecule has 0 aliphatic carbocycles. The van der Waals surface area contributed by atoms with Gasteiger partial charge in [0.25, 0.3) is 0 Å². The molecule has 4 aromatic rings. The van der Waals surface area contributed by atoms with Crippen molar-refractivity contribution in [2.75, 3.05) is 16.4 Å². The van der Waals surface area contributed by atoms with Crippen molar-refractivity contribution in [3.63, 3.8) is 0 Å². The van der Waals surface area contributed by atoms with Crippen LogP contribution in [0.25, 0.3) is 5.65 Å². The van der Waals surface area contributed by atoms with Gasteiger partial charge in [-0.2, -0.15) is 0 Å². The molecule has 5 rings (SSSR count). The molecular formula is C24H24N6OS. The van der Waals surface area contributed by atoms with Crippen LogP contribution in [0.3, 0.4) is 0 Å². The van der Waals surface area contributed by atoms with Crippen molar-refractivity contribution >= 4 is 35.0 Å². The summed E-state index contributed by atoms with van der Waals surface area (Å²) in [6.45, 7) is 4.02. The van der Waals surface area contributed by atoms with Gasteiger partial charge in [-0.05, 0) is 37.5 Å². The molecule has 2 aromatic heterocycles. The molecule has 7 nitrogen and oxygen atoms in total. The Morgan fingerprint density at radius 2 is 1.88 bits per heavy atom. The average Bonchev–Trinajstić information content (AvgIpc) is 3.36. The van der Waals surface area contributed by atoms with Crippen LogP contribution in [0.5, 0.6) is 0 Å². The van der Waals surface area contributed by atoms with E-state index in [4.69, 9.17) is 5.73 Å². The van der Waals surface area contributed by atoms with Gasteiger partial charge in [0.1, 0.15) is 0 Å². The molecule has 8 heteroatoms. The smallest absolute Gasteiger partial charge is 0.237 e. The Bertz CT molecular complexity index is 1300. The third-order valence-corrected chi connectivity index (χ3v) is 6.79. The van der Waals surface area contributed by atoms with Gasteiger partial charge in [-0.25, -0.2) is 9.38 Å². The lowest BCUT2D eigenvalue weighted by atomic mass is 10.0. The Morgan fingerprint density at radius 3 is 2.69 bits per heavy atom. The molecule has 0 radical (unpaired) electrons. The molecule has 0 saturated carbocycles. The SMILES string of the molecule is Cc1nc(N)n2c(SCC(=O)N3c4ccccc4CC3C)nnc2c1Cc1ccccc1. The van der Waals surface area contributed by atoms with Gasteiger partial charge in [-0.1, -0.05) is 60.3 Å². The summed E-state index contributed by atoms with van der Waals surface area (Å²) in [5.74, 6) is 0.627. The second kappa shape index (κ2) is 8.27. The van der Waals surface area contributed by atoms with E-state index in [1.165, 1.54) is 17.3 Å². The van der Waals surface area contributed by atoms with Crippen molar-refractivity contribution in [1.82, 2.24) is 19.6 Å². The van der Waals surface area contributed by atoms with E-state index in [9.17, 15) is 4.79 Å². The van der Waals surface area contributed by atoms with E-state index in [0.717, 1.165) is 28.9 Å². The fourth-order valence-electron chi connectivity index (χ4n) is 4.36. The third-order valence-electron chi connectivity index (χ3n) is 5.88. The van der Waals surface area contributed by atoms with Gasteiger partial charge in [0, 0.05) is 29.4 Å². The van der Waals surface area contributed by atoms with Crippen LogP contribution >= 0.6 is 11.8 Å². The van der Waals surface area contributed by atoms with E-state index < -0.39 is 0 Å². The summed E-state index contributed by atoms with van der Waals surface area (Å²) >= 11 is 1.34. The molecule has 0 spiro atoms. The van der Waals surface area contributed by atoms with Crippen LogP contribution in [0, 0.1) is 6.92 Å². The quantitative estimate of drug-likeness (QED) is 0.473. The molecule has 32 heavy (non-hydrogen) atoms. The van der Waals surface area contributed by atoms with Gasteiger partial charge in [-0.15, -0.1) is 10.2 Å². The minimum absolute atomic E-state index is 0.0485. The van der Waals surface area contributed by atoms with E-state index in [-0.39, 0.29) is 17.7 Å². The lowest BCUT2D eigenvalue weighted by molar-refractivity contribution is -0.116. The molecule has 1 atom stereocenters. The van der Waals surface area contributed by atoms with Crippen molar-refractivity contribution in [3.8, 4) is 0 Å². The summed E-state index contributed by atoms with van der Waals surface area (Å²) in [7, 11) is 0. The van der Waals surface area contributed by atoms with Crippen molar-refractivity contribution in [1.29, 1.82) is 0 Å². The van der Waals surface area contributed by atoms with Crippen LogP contribution in [0.15, 0.2) is 59.8 Å². The molecular weight excluding hydrogens is 420 g/mol. The predicted molar refractivity (Wildman–Crippen MR) is 127 cm³/mol. The predicted octanol–water partition coefficient (Wildman–Crippen LogP) is 3.68. The second-order valence-corrected chi connectivity index (χ2v) is 9.01. The van der Waals surface area contributed by atoms with Crippen LogP contribution in [-0.2, 0) is 17.6 Å². The van der Waals surface area contributed by atoms with Crippen molar-refractivity contribution in [3.05, 3.63) is 77.0 Å². The zero-order valence-corrected chi connectivity index (χ0v) is 18.8. The first-order valence-corrected chi connectivity index (χ1v) is 11.6. The second-order valence-electron chi connectivity index (χ2n) is 8.07. The number of hydrogen-bond donors (Lipinski definition) is 1. The number of aryl methyl sites for hydroxylation is 1. The Morgan fingerprint density at radius 1 is 1.12 bits per heavy atom. The third kappa shape index (κ3) is 3.60. The first-order chi connectivity index (χ1) is 15.5. The van der Waals surface area contributed by atoms with Crippen molar-refractivity contribution in [2.24, 2.45) is 0 Å². The number of amides is 1. The lowest BCUT2D eigenvalue weighted by Crippen LogP contribution is -2.37. The maximum Gasteiger partial charge on any atom is 0.237 e. The fourth-order valence-corrected chi connectivity index (χ4v) is 5.16. The zero-order chi connectivity index (χ0) is 22.2. The largest absolute Gasteiger partial charge is 0.369 e. The molecule has 1 aliphatic rings. The number of anilines is 2. The number of para-hydroxylation sites is 1. The average molecular weight is 445 g/mol. The monoisotopic (exact) mass is 444 g/mol. The van der Waals surface area contributed by atoms with E-state index in [0.29, 0.717) is 23.2 Å². The molecule has 3 heterocycles. The molecule has 2 N–H and O–H groups in total. The standard InChI is InChI=1S/C24H24N6OS/c1-15-12-18-10-6-7-11-20(18)29(15)21(31)14-32-24-28-27-22-19(13-17-8-4-3-5-9-17)16(2)26-23(25)30(22)24/h3-11,15H,12-14H2,1-2H3,(H2,25,26). The molecule has 1 amide bonds. The summed E-state index contributed by atoms with van der Waals surface area (Å²) in [5, 5.41) is 9.33. The van der Waals surface area contributed by atoms with Crippen LogP contribution in [0.1, 0.15) is 29.3 Å². The number of nitrogens with two attached hydrogens (primary N) is 1. The number of nitrogens with zero attached hydrogens (tertiary/aromatic N) is 5. The highest BCUT2D eigenvalue weighted by Crippen LogP contribution is 2.33. The highest BCUT2D eigenvalue weighted by molar-refractivity contribution is 7.99. The van der Waals surface area contributed by atoms with Gasteiger partial charge in [-0.3, -0.25) is 4.79 Å². The number of nitrogen functional groups attached to an aromatic ring is 1. The minimum Gasteiger partial charge on any atom is -0.369 e. The Hall–Kier alpha value is -3.39. The van der Waals surface area contributed by atoms with Gasteiger partial charge < -0.3 is 10.6 Å². The zero-order valence-electron chi connectivity index (χ0n) is 18.0. The summed E-state index contributed by atoms with van der Waals surface area (Å²) in [6.07, 6.45) is 1.56. The Balaban J connectivity index is 1.41. The number of aromatic nitrogens is 4. The minimum atomic E-state index is 0.0485. The van der Waals surface area contributed by atoms with Crippen LogP contribution in [0.2, 0.25) is 0 Å². The van der Waals surface area contributed by atoms with Crippen molar-refractivity contribution in [2.45, 2.75) is 37.9 Å². The number of fused-ring (bicyclic) bond motifs is 2. The summed E-state index contributed by atoms with van der Waals surface area (Å²) in [5.41, 5.74) is 12.1. The van der Waals surface area contributed by atoms with Gasteiger partial charge in [0.2, 0.25) is 11.9 Å². The molecule has 1 unspecified atom stereocenters. The molecule has 0 saturated heterocycles. The normalized spacial score (nSPS) is 15.3. The molecule has 1 aliphatic heterocycles. The molecule has 0 bridgehead atoms. The highest BCUT2D eigenvalue weighted by atomic mass is 32.2. The van der Waals surface area contributed by atoms with Gasteiger partial charge in [0.05, 0.1) is 5.75 Å². The number of hydrogen-bond acceptors (Lipinski definition) is 6. The maximum atomic E-state index is 13.1. The maximum absolute atomic E-state index is 13.1. The Kier molecular flexibility index (Phi) is 5.30. The Labute approximate surface area is 190 Å². The topological polar surface area (TPSA) is 89.4 Å². The fraction of sp³-hybridized carbons (Fsp3) is 0.250. The number of thioether (sulfide) groups is 1. The van der Waals surface area contributed by atoms with Crippen LogP contribution in [-0.4, -0.2) is 37.3 Å². The summed E-state index contributed by atoms with van der Waals surface area (Å²) in [6, 6.07) is 18.4. The summed E-state index contributed by atoms with van der Waals surface area (Å²) in [4.78, 5) is 19.5. The van der Waals surface area contributed by atoms with Crippen molar-refractivity contribution < 1.29 is 4.79 Å². The number of benzene rings is 2. The van der Waals surface area contributed by atoms with Crippen LogP contribution in [0.4, 0.5) is 11.6 Å². The first kappa shape index (κ1) is 20.5.